The molecule has 0 atom stereocenters. The fourth-order valence-electron chi connectivity index (χ4n) is 3.37. The van der Waals surface area contributed by atoms with Crippen molar-refractivity contribution in [3.8, 4) is 5.75 Å². The van der Waals surface area contributed by atoms with Crippen LogP contribution >= 0.6 is 11.6 Å². The van der Waals surface area contributed by atoms with E-state index in [4.69, 9.17) is 21.1 Å². The van der Waals surface area contributed by atoms with Crippen molar-refractivity contribution in [2.45, 2.75) is 6.42 Å². The summed E-state index contributed by atoms with van der Waals surface area (Å²) in [5.74, 6) is 0.00374. The first-order valence-electron chi connectivity index (χ1n) is 10.1. The Hall–Kier alpha value is -3.10. The average molecular weight is 460 g/mol. The van der Waals surface area contributed by atoms with Crippen molar-refractivity contribution in [2.75, 3.05) is 52.0 Å². The Morgan fingerprint density at radius 2 is 1.88 bits per heavy atom. The lowest BCUT2D eigenvalue weighted by molar-refractivity contribution is -0.140. The van der Waals surface area contributed by atoms with Gasteiger partial charge in [0.2, 0.25) is 17.7 Å². The molecule has 1 saturated heterocycles. The van der Waals surface area contributed by atoms with Gasteiger partial charge in [-0.2, -0.15) is 0 Å². The standard InChI is InChI=1S/C23H26ClN3O5/c1-31-11-10-25(21(28)12-17-6-8-20(32-2)9-7-17)14-22(29)26-15-23(30)27(16-26)19-5-3-4-18(24)13-19/h3-9,13H,10-12,14-16H2,1-2H3. The zero-order valence-electron chi connectivity index (χ0n) is 18.1. The Kier molecular flexibility index (Phi) is 8.08. The first-order valence-corrected chi connectivity index (χ1v) is 10.5. The predicted octanol–water partition coefficient (Wildman–Crippen LogP) is 2.20. The zero-order valence-corrected chi connectivity index (χ0v) is 18.9. The van der Waals surface area contributed by atoms with Gasteiger partial charge in [-0.1, -0.05) is 29.8 Å². The second kappa shape index (κ2) is 11.0. The molecule has 0 aliphatic carbocycles. The highest BCUT2D eigenvalue weighted by Crippen LogP contribution is 2.23. The Balaban J connectivity index is 1.64. The summed E-state index contributed by atoms with van der Waals surface area (Å²) in [7, 11) is 3.12. The van der Waals surface area contributed by atoms with Crippen LogP contribution in [0.1, 0.15) is 5.56 Å². The third kappa shape index (κ3) is 5.99. The van der Waals surface area contributed by atoms with Crippen LogP contribution in [-0.2, 0) is 25.5 Å². The number of methoxy groups -OCH3 is 2. The van der Waals surface area contributed by atoms with Gasteiger partial charge in [0.25, 0.3) is 0 Å². The molecular formula is C23H26ClN3O5. The Morgan fingerprint density at radius 3 is 2.53 bits per heavy atom. The lowest BCUT2D eigenvalue weighted by Crippen LogP contribution is -2.44. The van der Waals surface area contributed by atoms with Crippen LogP contribution in [0.15, 0.2) is 48.5 Å². The smallest absolute Gasteiger partial charge is 0.248 e. The monoisotopic (exact) mass is 459 g/mol. The lowest BCUT2D eigenvalue weighted by atomic mass is 10.1. The number of hydrogen-bond donors (Lipinski definition) is 0. The number of carbonyl (C=O) groups excluding carboxylic acids is 3. The van der Waals surface area contributed by atoms with E-state index >= 15 is 0 Å². The van der Waals surface area contributed by atoms with E-state index in [2.05, 4.69) is 0 Å². The lowest BCUT2D eigenvalue weighted by Gasteiger charge is -2.25. The molecule has 1 heterocycles. The van der Waals surface area contributed by atoms with Crippen molar-refractivity contribution in [1.82, 2.24) is 9.80 Å². The predicted molar refractivity (Wildman–Crippen MR) is 121 cm³/mol. The average Bonchev–Trinajstić information content (AvgIpc) is 3.18. The van der Waals surface area contributed by atoms with Crippen molar-refractivity contribution >= 4 is 35.0 Å². The van der Waals surface area contributed by atoms with Gasteiger partial charge >= 0.3 is 0 Å². The first-order chi connectivity index (χ1) is 15.4. The normalized spacial score (nSPS) is 13.4. The molecular weight excluding hydrogens is 434 g/mol. The Labute approximate surface area is 192 Å². The summed E-state index contributed by atoms with van der Waals surface area (Å²) in [5.41, 5.74) is 1.44. The molecule has 3 rings (SSSR count). The van der Waals surface area contributed by atoms with Crippen LogP contribution in [0.3, 0.4) is 0 Å². The number of hydrogen-bond acceptors (Lipinski definition) is 5. The van der Waals surface area contributed by atoms with E-state index in [0.29, 0.717) is 23.1 Å². The van der Waals surface area contributed by atoms with Crippen LogP contribution in [-0.4, -0.2) is 74.7 Å². The van der Waals surface area contributed by atoms with E-state index in [1.54, 1.807) is 43.5 Å². The minimum Gasteiger partial charge on any atom is -0.497 e. The van der Waals surface area contributed by atoms with E-state index in [9.17, 15) is 14.4 Å². The SMILES string of the molecule is COCCN(CC(=O)N1CC(=O)N(c2cccc(Cl)c2)C1)C(=O)Cc1ccc(OC)cc1. The highest BCUT2D eigenvalue weighted by molar-refractivity contribution is 6.31. The molecule has 170 valence electrons. The second-order valence-electron chi connectivity index (χ2n) is 7.37. The van der Waals surface area contributed by atoms with E-state index in [0.717, 1.165) is 5.56 Å². The molecule has 2 aromatic carbocycles. The number of halogens is 1. The number of carbonyl (C=O) groups is 3. The summed E-state index contributed by atoms with van der Waals surface area (Å²) in [5, 5.41) is 0.509. The van der Waals surface area contributed by atoms with Crippen LogP contribution in [0.25, 0.3) is 0 Å². The molecule has 1 fully saturated rings. The largest absolute Gasteiger partial charge is 0.497 e. The summed E-state index contributed by atoms with van der Waals surface area (Å²) in [6.07, 6.45) is 0.147. The Morgan fingerprint density at radius 1 is 1.12 bits per heavy atom. The molecule has 1 aliphatic rings. The van der Waals surface area contributed by atoms with Gasteiger partial charge in [0.1, 0.15) is 19.0 Å². The van der Waals surface area contributed by atoms with E-state index in [1.165, 1.54) is 21.8 Å². The first kappa shape index (κ1) is 23.6. The molecule has 0 saturated carbocycles. The van der Waals surface area contributed by atoms with Crippen LogP contribution in [0.2, 0.25) is 5.02 Å². The third-order valence-electron chi connectivity index (χ3n) is 5.17. The molecule has 0 N–H and O–H groups in total. The minimum absolute atomic E-state index is 0.0455. The molecule has 0 spiro atoms. The molecule has 9 heteroatoms. The molecule has 2 aromatic rings. The van der Waals surface area contributed by atoms with Gasteiger partial charge in [-0.25, -0.2) is 0 Å². The molecule has 8 nitrogen and oxygen atoms in total. The van der Waals surface area contributed by atoms with Gasteiger partial charge in [-0.05, 0) is 35.9 Å². The van der Waals surface area contributed by atoms with E-state index < -0.39 is 0 Å². The quantitative estimate of drug-likeness (QED) is 0.574. The topological polar surface area (TPSA) is 79.4 Å². The fraction of sp³-hybridized carbons (Fsp3) is 0.348. The summed E-state index contributed by atoms with van der Waals surface area (Å²) in [6, 6.07) is 14.1. The van der Waals surface area contributed by atoms with Gasteiger partial charge < -0.3 is 19.3 Å². The minimum atomic E-state index is -0.304. The van der Waals surface area contributed by atoms with E-state index in [1.807, 2.05) is 12.1 Å². The third-order valence-corrected chi connectivity index (χ3v) is 5.41. The Bertz CT molecular complexity index is 966. The summed E-state index contributed by atoms with van der Waals surface area (Å²) in [6.45, 7) is 0.514. The van der Waals surface area contributed by atoms with Crippen molar-refractivity contribution in [2.24, 2.45) is 0 Å². The van der Waals surface area contributed by atoms with Gasteiger partial charge in [0.15, 0.2) is 0 Å². The molecule has 3 amide bonds. The van der Waals surface area contributed by atoms with Gasteiger partial charge in [0, 0.05) is 24.4 Å². The number of benzene rings is 2. The van der Waals surface area contributed by atoms with Crippen LogP contribution < -0.4 is 9.64 Å². The molecule has 0 aromatic heterocycles. The zero-order chi connectivity index (χ0) is 23.1. The maximum atomic E-state index is 12.9. The number of anilines is 1. The van der Waals surface area contributed by atoms with Crippen molar-refractivity contribution < 1.29 is 23.9 Å². The number of nitrogens with zero attached hydrogens (tertiary/aromatic N) is 3. The summed E-state index contributed by atoms with van der Waals surface area (Å²) in [4.78, 5) is 42.7. The fourth-order valence-corrected chi connectivity index (χ4v) is 3.56. The summed E-state index contributed by atoms with van der Waals surface area (Å²) < 4.78 is 10.2. The maximum Gasteiger partial charge on any atom is 0.248 e. The number of rotatable bonds is 9. The highest BCUT2D eigenvalue weighted by Gasteiger charge is 2.33. The van der Waals surface area contributed by atoms with Crippen LogP contribution in [0, 0.1) is 0 Å². The van der Waals surface area contributed by atoms with Crippen LogP contribution in [0.5, 0.6) is 5.75 Å². The van der Waals surface area contributed by atoms with Gasteiger partial charge in [0.05, 0.1) is 26.7 Å². The van der Waals surface area contributed by atoms with Crippen molar-refractivity contribution in [1.29, 1.82) is 0 Å². The number of ether oxygens (including phenoxy) is 2. The maximum absolute atomic E-state index is 12.9. The van der Waals surface area contributed by atoms with Gasteiger partial charge in [-0.15, -0.1) is 0 Å². The second-order valence-corrected chi connectivity index (χ2v) is 7.80. The molecule has 0 radical (unpaired) electrons. The van der Waals surface area contributed by atoms with Crippen LogP contribution in [0.4, 0.5) is 5.69 Å². The van der Waals surface area contributed by atoms with Crippen molar-refractivity contribution in [3.63, 3.8) is 0 Å². The molecule has 0 bridgehead atoms. The molecule has 32 heavy (non-hydrogen) atoms. The van der Waals surface area contributed by atoms with Gasteiger partial charge in [-0.3, -0.25) is 19.3 Å². The summed E-state index contributed by atoms with van der Waals surface area (Å²) >= 11 is 6.02. The number of amides is 3. The molecule has 1 aliphatic heterocycles. The highest BCUT2D eigenvalue weighted by atomic mass is 35.5. The molecule has 0 unspecified atom stereocenters. The van der Waals surface area contributed by atoms with E-state index in [-0.39, 0.29) is 50.4 Å². The van der Waals surface area contributed by atoms with Crippen molar-refractivity contribution in [3.05, 3.63) is 59.1 Å².